The number of ketones is 1. The molecule has 3 nitrogen and oxygen atoms in total. The van der Waals surface area contributed by atoms with Crippen LogP contribution in [0.5, 0.6) is 0 Å². The van der Waals surface area contributed by atoms with Crippen LogP contribution in [0.1, 0.15) is 17.4 Å². The maximum Gasteiger partial charge on any atom is 0.178 e. The lowest BCUT2D eigenvalue weighted by Gasteiger charge is -1.90. The van der Waals surface area contributed by atoms with Gasteiger partial charge in [0.25, 0.3) is 0 Å². The molecule has 1 aromatic heterocycles. The van der Waals surface area contributed by atoms with Gasteiger partial charge in [0.05, 0.1) is 6.33 Å². The Morgan fingerprint density at radius 3 is 2.90 bits per heavy atom. The first-order valence-electron chi connectivity index (χ1n) is 2.84. The van der Waals surface area contributed by atoms with Gasteiger partial charge < -0.3 is 4.98 Å². The zero-order valence-corrected chi connectivity index (χ0v) is 6.66. The summed E-state index contributed by atoms with van der Waals surface area (Å²) < 4.78 is 0. The number of hydrogen-bond donors (Lipinski definition) is 1. The van der Waals surface area contributed by atoms with Gasteiger partial charge in [-0.05, 0) is 6.26 Å². The van der Waals surface area contributed by atoms with Gasteiger partial charge in [0, 0.05) is 6.92 Å². The summed E-state index contributed by atoms with van der Waals surface area (Å²) >= 11 is 1.47. The Labute approximate surface area is 63.2 Å². The second kappa shape index (κ2) is 2.88. The second-order valence-electron chi connectivity index (χ2n) is 1.84. The van der Waals surface area contributed by atoms with Gasteiger partial charge in [0.1, 0.15) is 10.7 Å². The van der Waals surface area contributed by atoms with Gasteiger partial charge in [0.2, 0.25) is 0 Å². The zero-order chi connectivity index (χ0) is 7.56. The van der Waals surface area contributed by atoms with Crippen LogP contribution in [-0.2, 0) is 0 Å². The molecule has 1 heterocycles. The molecule has 1 rings (SSSR count). The van der Waals surface area contributed by atoms with E-state index < -0.39 is 0 Å². The SMILES string of the molecule is CSc1nc[nH]c1C(C)=O. The number of nitrogens with zero attached hydrogens (tertiary/aromatic N) is 1. The topological polar surface area (TPSA) is 45.8 Å². The minimum Gasteiger partial charge on any atom is -0.341 e. The van der Waals surface area contributed by atoms with Gasteiger partial charge in [-0.2, -0.15) is 0 Å². The van der Waals surface area contributed by atoms with E-state index in [1.54, 1.807) is 0 Å². The number of Topliss-reactive ketones (excluding diaryl/α,β-unsaturated/α-hetero) is 1. The van der Waals surface area contributed by atoms with Crippen LogP contribution in [-0.4, -0.2) is 22.0 Å². The lowest BCUT2D eigenvalue weighted by atomic mass is 10.3. The number of carbonyl (C=O) groups excluding carboxylic acids is 1. The van der Waals surface area contributed by atoms with Crippen molar-refractivity contribution in [2.75, 3.05) is 6.26 Å². The van der Waals surface area contributed by atoms with Crippen LogP contribution < -0.4 is 0 Å². The van der Waals surface area contributed by atoms with Crippen molar-refractivity contribution in [3.05, 3.63) is 12.0 Å². The number of nitrogens with one attached hydrogen (secondary N) is 1. The Bertz CT molecular complexity index is 244. The molecule has 0 fully saturated rings. The molecular weight excluding hydrogens is 148 g/mol. The fourth-order valence-corrected chi connectivity index (χ4v) is 1.25. The average Bonchev–Trinajstić information content (AvgIpc) is 2.33. The normalized spacial score (nSPS) is 9.80. The van der Waals surface area contributed by atoms with Crippen LogP contribution in [0.15, 0.2) is 11.4 Å². The zero-order valence-electron chi connectivity index (χ0n) is 5.84. The van der Waals surface area contributed by atoms with Crippen molar-refractivity contribution >= 4 is 17.5 Å². The third kappa shape index (κ3) is 1.21. The standard InChI is InChI=1S/C6H8N2OS/c1-4(9)5-6(10-2)8-3-7-5/h3H,1-2H3,(H,7,8). The van der Waals surface area contributed by atoms with E-state index in [1.807, 2.05) is 6.26 Å². The highest BCUT2D eigenvalue weighted by atomic mass is 32.2. The van der Waals surface area contributed by atoms with Crippen LogP contribution in [0.2, 0.25) is 0 Å². The van der Waals surface area contributed by atoms with E-state index in [-0.39, 0.29) is 5.78 Å². The summed E-state index contributed by atoms with van der Waals surface area (Å²) in [5.74, 6) is 0.0295. The summed E-state index contributed by atoms with van der Waals surface area (Å²) in [5.41, 5.74) is 0.604. The highest BCUT2D eigenvalue weighted by Gasteiger charge is 2.07. The predicted molar refractivity (Wildman–Crippen MR) is 40.4 cm³/mol. The molecule has 54 valence electrons. The average molecular weight is 156 g/mol. The Balaban J connectivity index is 3.01. The summed E-state index contributed by atoms with van der Waals surface area (Å²) in [5, 5.41) is 0.771. The van der Waals surface area contributed by atoms with Crippen LogP contribution in [0.25, 0.3) is 0 Å². The molecule has 0 amide bonds. The molecular formula is C6H8N2OS. The molecule has 0 saturated heterocycles. The summed E-state index contributed by atoms with van der Waals surface area (Å²) in [6.07, 6.45) is 3.42. The molecule has 10 heavy (non-hydrogen) atoms. The summed E-state index contributed by atoms with van der Waals surface area (Å²) in [4.78, 5) is 17.5. The van der Waals surface area contributed by atoms with E-state index in [9.17, 15) is 4.79 Å². The van der Waals surface area contributed by atoms with Crippen molar-refractivity contribution in [2.24, 2.45) is 0 Å². The molecule has 0 atom stereocenters. The molecule has 0 saturated carbocycles. The van der Waals surface area contributed by atoms with E-state index in [4.69, 9.17) is 0 Å². The Morgan fingerprint density at radius 1 is 1.80 bits per heavy atom. The first kappa shape index (κ1) is 7.34. The first-order chi connectivity index (χ1) is 4.75. The minimum atomic E-state index is 0.0295. The number of H-pyrrole nitrogens is 1. The van der Waals surface area contributed by atoms with E-state index in [2.05, 4.69) is 9.97 Å². The number of hydrogen-bond acceptors (Lipinski definition) is 3. The quantitative estimate of drug-likeness (QED) is 0.519. The molecule has 0 aliphatic carbocycles. The van der Waals surface area contributed by atoms with Gasteiger partial charge in [-0.15, -0.1) is 11.8 Å². The largest absolute Gasteiger partial charge is 0.341 e. The number of aromatic amines is 1. The van der Waals surface area contributed by atoms with Crippen molar-refractivity contribution in [3.63, 3.8) is 0 Å². The van der Waals surface area contributed by atoms with Crippen molar-refractivity contribution in [3.8, 4) is 0 Å². The monoisotopic (exact) mass is 156 g/mol. The van der Waals surface area contributed by atoms with E-state index in [0.717, 1.165) is 5.03 Å². The first-order valence-corrected chi connectivity index (χ1v) is 4.06. The number of thioether (sulfide) groups is 1. The van der Waals surface area contributed by atoms with Crippen molar-refractivity contribution in [1.82, 2.24) is 9.97 Å². The molecule has 0 aliphatic rings. The number of rotatable bonds is 2. The number of aromatic nitrogens is 2. The number of imidazole rings is 1. The van der Waals surface area contributed by atoms with Crippen molar-refractivity contribution in [2.45, 2.75) is 11.9 Å². The Hall–Kier alpha value is -0.770. The van der Waals surface area contributed by atoms with Gasteiger partial charge in [-0.25, -0.2) is 4.98 Å². The molecule has 1 N–H and O–H groups in total. The van der Waals surface area contributed by atoms with Gasteiger partial charge in [-0.1, -0.05) is 0 Å². The van der Waals surface area contributed by atoms with Crippen LogP contribution in [0, 0.1) is 0 Å². The van der Waals surface area contributed by atoms with Crippen LogP contribution in [0.4, 0.5) is 0 Å². The smallest absolute Gasteiger partial charge is 0.178 e. The van der Waals surface area contributed by atoms with Gasteiger partial charge in [-0.3, -0.25) is 4.79 Å². The highest BCUT2D eigenvalue weighted by molar-refractivity contribution is 7.98. The van der Waals surface area contributed by atoms with E-state index >= 15 is 0 Å². The third-order valence-electron chi connectivity index (χ3n) is 1.15. The lowest BCUT2D eigenvalue weighted by molar-refractivity contribution is 0.101. The molecule has 0 spiro atoms. The van der Waals surface area contributed by atoms with Gasteiger partial charge in [0.15, 0.2) is 5.78 Å². The number of carbonyl (C=O) groups is 1. The van der Waals surface area contributed by atoms with Gasteiger partial charge >= 0.3 is 0 Å². The highest BCUT2D eigenvalue weighted by Crippen LogP contribution is 2.15. The second-order valence-corrected chi connectivity index (χ2v) is 2.64. The molecule has 1 aromatic rings. The molecule has 0 bridgehead atoms. The molecule has 4 heteroatoms. The van der Waals surface area contributed by atoms with Crippen molar-refractivity contribution < 1.29 is 4.79 Å². The minimum absolute atomic E-state index is 0.0295. The molecule has 0 aliphatic heterocycles. The van der Waals surface area contributed by atoms with Crippen LogP contribution in [0.3, 0.4) is 0 Å². The van der Waals surface area contributed by atoms with Crippen LogP contribution >= 0.6 is 11.8 Å². The third-order valence-corrected chi connectivity index (χ3v) is 1.85. The molecule has 0 aromatic carbocycles. The predicted octanol–water partition coefficient (Wildman–Crippen LogP) is 1.33. The Kier molecular flexibility index (Phi) is 2.11. The Morgan fingerprint density at radius 2 is 2.50 bits per heavy atom. The maximum absolute atomic E-state index is 10.8. The fraction of sp³-hybridized carbons (Fsp3) is 0.333. The fourth-order valence-electron chi connectivity index (χ4n) is 0.689. The van der Waals surface area contributed by atoms with Crippen molar-refractivity contribution in [1.29, 1.82) is 0 Å². The maximum atomic E-state index is 10.8. The molecule has 0 unspecified atom stereocenters. The summed E-state index contributed by atoms with van der Waals surface area (Å²) in [7, 11) is 0. The lowest BCUT2D eigenvalue weighted by Crippen LogP contribution is -1.93. The van der Waals surface area contributed by atoms with E-state index in [1.165, 1.54) is 25.0 Å². The molecule has 0 radical (unpaired) electrons. The van der Waals surface area contributed by atoms with E-state index in [0.29, 0.717) is 5.69 Å². The summed E-state index contributed by atoms with van der Waals surface area (Å²) in [6.45, 7) is 1.52. The summed E-state index contributed by atoms with van der Waals surface area (Å²) in [6, 6.07) is 0.